The van der Waals surface area contributed by atoms with E-state index in [2.05, 4.69) is 5.32 Å². The van der Waals surface area contributed by atoms with E-state index in [1.807, 2.05) is 24.3 Å². The van der Waals surface area contributed by atoms with E-state index in [4.69, 9.17) is 9.72 Å². The number of para-hydroxylation sites is 1. The van der Waals surface area contributed by atoms with Gasteiger partial charge in [0.1, 0.15) is 5.82 Å². The minimum atomic E-state index is -0.284. The summed E-state index contributed by atoms with van der Waals surface area (Å²) in [5.74, 6) is -0.0860. The van der Waals surface area contributed by atoms with Crippen LogP contribution in [0.25, 0.3) is 10.9 Å². The number of ether oxygens (including phenoxy) is 1. The SMILES string of the molecule is O=C(NC[C@H]1CCCO1)c1ccc(Cn2c(SCc3ccccc3F)nc3ccccc3c2=O)cc1. The van der Waals surface area contributed by atoms with E-state index >= 15 is 0 Å². The lowest BCUT2D eigenvalue weighted by atomic mass is 10.1. The highest BCUT2D eigenvalue weighted by Crippen LogP contribution is 2.24. The van der Waals surface area contributed by atoms with Crippen molar-refractivity contribution in [3.63, 3.8) is 0 Å². The van der Waals surface area contributed by atoms with Gasteiger partial charge in [-0.3, -0.25) is 14.2 Å². The van der Waals surface area contributed by atoms with Gasteiger partial charge in [-0.25, -0.2) is 9.37 Å². The Kier molecular flexibility index (Phi) is 7.44. The maximum Gasteiger partial charge on any atom is 0.262 e. The Hall–Kier alpha value is -3.49. The Morgan fingerprint density at radius 2 is 1.86 bits per heavy atom. The number of fused-ring (bicyclic) bond motifs is 1. The minimum Gasteiger partial charge on any atom is -0.376 e. The number of nitrogens with one attached hydrogen (secondary N) is 1. The lowest BCUT2D eigenvalue weighted by Crippen LogP contribution is -2.31. The molecule has 36 heavy (non-hydrogen) atoms. The number of carbonyl (C=O) groups excluding carboxylic acids is 1. The van der Waals surface area contributed by atoms with Crippen molar-refractivity contribution in [1.82, 2.24) is 14.9 Å². The first kappa shape index (κ1) is 24.2. The second-order valence-corrected chi connectivity index (χ2v) is 9.67. The smallest absolute Gasteiger partial charge is 0.262 e. The zero-order valence-electron chi connectivity index (χ0n) is 19.7. The normalized spacial score (nSPS) is 15.3. The molecule has 1 saturated heterocycles. The Morgan fingerprint density at radius 1 is 1.08 bits per heavy atom. The van der Waals surface area contributed by atoms with Gasteiger partial charge in [-0.2, -0.15) is 0 Å². The molecule has 0 saturated carbocycles. The molecule has 1 aromatic heterocycles. The molecule has 4 aromatic rings. The largest absolute Gasteiger partial charge is 0.376 e. The highest BCUT2D eigenvalue weighted by molar-refractivity contribution is 7.98. The van der Waals surface area contributed by atoms with Crippen molar-refractivity contribution in [1.29, 1.82) is 0 Å². The summed E-state index contributed by atoms with van der Waals surface area (Å²) < 4.78 is 21.3. The summed E-state index contributed by atoms with van der Waals surface area (Å²) in [6.45, 7) is 1.54. The molecule has 0 spiro atoms. The van der Waals surface area contributed by atoms with Crippen molar-refractivity contribution >= 4 is 28.6 Å². The van der Waals surface area contributed by atoms with Crippen LogP contribution in [0.15, 0.2) is 82.7 Å². The molecule has 184 valence electrons. The topological polar surface area (TPSA) is 73.2 Å². The van der Waals surface area contributed by atoms with E-state index in [0.717, 1.165) is 25.0 Å². The van der Waals surface area contributed by atoms with Crippen LogP contribution in [-0.2, 0) is 17.0 Å². The van der Waals surface area contributed by atoms with Crippen molar-refractivity contribution in [3.8, 4) is 0 Å². The van der Waals surface area contributed by atoms with Gasteiger partial charge in [0, 0.05) is 24.5 Å². The van der Waals surface area contributed by atoms with Crippen LogP contribution in [-0.4, -0.2) is 34.7 Å². The Bertz CT molecular complexity index is 1430. The van der Waals surface area contributed by atoms with Gasteiger partial charge in [0.25, 0.3) is 11.5 Å². The van der Waals surface area contributed by atoms with E-state index in [1.54, 1.807) is 47.0 Å². The summed E-state index contributed by atoms with van der Waals surface area (Å²) in [6, 6.07) is 21.0. The van der Waals surface area contributed by atoms with Crippen molar-refractivity contribution in [3.05, 3.63) is 106 Å². The van der Waals surface area contributed by atoms with Gasteiger partial charge in [0.05, 0.1) is 23.6 Å². The van der Waals surface area contributed by atoms with Crippen LogP contribution in [0.5, 0.6) is 0 Å². The van der Waals surface area contributed by atoms with Crippen molar-refractivity contribution in [2.45, 2.75) is 36.4 Å². The number of hydrogen-bond acceptors (Lipinski definition) is 5. The monoisotopic (exact) mass is 503 g/mol. The van der Waals surface area contributed by atoms with Crippen LogP contribution in [0.4, 0.5) is 4.39 Å². The quantitative estimate of drug-likeness (QED) is 0.277. The molecular weight excluding hydrogens is 477 g/mol. The molecule has 6 nitrogen and oxygen atoms in total. The average Bonchev–Trinajstić information content (AvgIpc) is 3.43. The molecule has 1 aliphatic rings. The number of benzene rings is 3. The predicted molar refractivity (Wildman–Crippen MR) is 139 cm³/mol. The summed E-state index contributed by atoms with van der Waals surface area (Å²) in [5.41, 5.74) is 2.41. The minimum absolute atomic E-state index is 0.0841. The van der Waals surface area contributed by atoms with Crippen molar-refractivity contribution < 1.29 is 13.9 Å². The number of halogens is 1. The van der Waals surface area contributed by atoms with Gasteiger partial charge in [-0.05, 0) is 54.3 Å². The number of thioether (sulfide) groups is 1. The number of nitrogens with zero attached hydrogens (tertiary/aromatic N) is 2. The van der Waals surface area contributed by atoms with Crippen LogP contribution in [0.3, 0.4) is 0 Å². The standard InChI is InChI=1S/C28H26FN3O3S/c29-24-9-3-1-6-21(24)18-36-28-31-25-10-4-2-8-23(25)27(34)32(28)17-19-11-13-20(14-12-19)26(33)30-16-22-7-5-15-35-22/h1-4,6,8-14,22H,5,7,15-18H2,(H,30,33)/t22-/m1/s1. The van der Waals surface area contributed by atoms with Gasteiger partial charge in [0.2, 0.25) is 0 Å². The zero-order chi connectivity index (χ0) is 24.9. The van der Waals surface area contributed by atoms with Gasteiger partial charge in [-0.1, -0.05) is 54.2 Å². The highest BCUT2D eigenvalue weighted by atomic mass is 32.2. The molecule has 1 atom stereocenters. The van der Waals surface area contributed by atoms with Crippen LogP contribution < -0.4 is 10.9 Å². The van der Waals surface area contributed by atoms with E-state index < -0.39 is 0 Å². The van der Waals surface area contributed by atoms with Gasteiger partial charge < -0.3 is 10.1 Å². The fourth-order valence-corrected chi connectivity index (χ4v) is 5.20. The van der Waals surface area contributed by atoms with Crippen LogP contribution in [0, 0.1) is 5.82 Å². The predicted octanol–water partition coefficient (Wildman–Crippen LogP) is 4.79. The number of aromatic nitrogens is 2. The first-order chi connectivity index (χ1) is 17.6. The third-order valence-electron chi connectivity index (χ3n) is 6.21. The highest BCUT2D eigenvalue weighted by Gasteiger charge is 2.17. The second kappa shape index (κ2) is 11.1. The maximum absolute atomic E-state index is 14.2. The fourth-order valence-electron chi connectivity index (χ4n) is 4.21. The molecule has 0 aliphatic carbocycles. The molecule has 1 N–H and O–H groups in total. The van der Waals surface area contributed by atoms with Gasteiger partial charge in [-0.15, -0.1) is 0 Å². The molecule has 0 unspecified atom stereocenters. The lowest BCUT2D eigenvalue weighted by molar-refractivity contribution is 0.0858. The molecular formula is C28H26FN3O3S. The maximum atomic E-state index is 14.2. The fraction of sp³-hybridized carbons (Fsp3) is 0.250. The second-order valence-electron chi connectivity index (χ2n) is 8.72. The molecule has 1 amide bonds. The summed E-state index contributed by atoms with van der Waals surface area (Å²) in [7, 11) is 0. The third-order valence-corrected chi connectivity index (χ3v) is 7.24. The van der Waals surface area contributed by atoms with Crippen LogP contribution in [0.1, 0.15) is 34.3 Å². The lowest BCUT2D eigenvalue weighted by Gasteiger charge is -2.14. The third kappa shape index (κ3) is 5.50. The molecule has 0 bridgehead atoms. The van der Waals surface area contributed by atoms with Gasteiger partial charge >= 0.3 is 0 Å². The number of carbonyl (C=O) groups is 1. The first-order valence-corrected chi connectivity index (χ1v) is 12.9. The molecule has 3 aromatic carbocycles. The average molecular weight is 504 g/mol. The Morgan fingerprint density at radius 3 is 2.64 bits per heavy atom. The molecule has 1 aliphatic heterocycles. The Labute approximate surface area is 212 Å². The van der Waals surface area contributed by atoms with Crippen LogP contribution >= 0.6 is 11.8 Å². The number of hydrogen-bond donors (Lipinski definition) is 1. The molecule has 0 radical (unpaired) electrons. The number of amides is 1. The first-order valence-electron chi connectivity index (χ1n) is 11.9. The van der Waals surface area contributed by atoms with E-state index in [9.17, 15) is 14.0 Å². The summed E-state index contributed by atoms with van der Waals surface area (Å²) in [5, 5.41) is 3.96. The number of rotatable bonds is 8. The molecule has 5 rings (SSSR count). The zero-order valence-corrected chi connectivity index (χ0v) is 20.5. The van der Waals surface area contributed by atoms with E-state index in [-0.39, 0.29) is 29.9 Å². The van der Waals surface area contributed by atoms with Crippen molar-refractivity contribution in [2.75, 3.05) is 13.2 Å². The van der Waals surface area contributed by atoms with E-state index in [0.29, 0.717) is 39.5 Å². The summed E-state index contributed by atoms with van der Waals surface area (Å²) in [4.78, 5) is 30.6. The summed E-state index contributed by atoms with van der Waals surface area (Å²) in [6.07, 6.45) is 2.07. The Balaban J connectivity index is 1.37. The summed E-state index contributed by atoms with van der Waals surface area (Å²) >= 11 is 1.33. The molecule has 2 heterocycles. The molecule has 8 heteroatoms. The molecule has 1 fully saturated rings. The van der Waals surface area contributed by atoms with E-state index in [1.165, 1.54) is 17.8 Å². The van der Waals surface area contributed by atoms with Gasteiger partial charge in [0.15, 0.2) is 5.16 Å². The van der Waals surface area contributed by atoms with Crippen molar-refractivity contribution in [2.24, 2.45) is 0 Å². The van der Waals surface area contributed by atoms with Crippen LogP contribution in [0.2, 0.25) is 0 Å².